The lowest BCUT2D eigenvalue weighted by molar-refractivity contribution is -0.739. The van der Waals surface area contributed by atoms with Crippen LogP contribution in [0.25, 0.3) is 21.5 Å². The molecule has 0 saturated carbocycles. The summed E-state index contributed by atoms with van der Waals surface area (Å²) in [6, 6.07) is 9.60. The summed E-state index contributed by atoms with van der Waals surface area (Å²) in [6.07, 6.45) is 1.48. The Hall–Kier alpha value is -3.33. The number of nitrogen functional groups attached to an aromatic ring is 1. The van der Waals surface area contributed by atoms with Gasteiger partial charge in [0.1, 0.15) is 10.6 Å². The maximum atomic E-state index is 13.1. The molecule has 4 aromatic rings. The summed E-state index contributed by atoms with van der Waals surface area (Å²) in [7, 11) is 1.65. The van der Waals surface area contributed by atoms with Crippen molar-refractivity contribution in [2.24, 2.45) is 12.0 Å². The summed E-state index contributed by atoms with van der Waals surface area (Å²) < 4.78 is 19.4. The molecule has 130 valence electrons. The third-order valence-corrected chi connectivity index (χ3v) is 4.80. The Bertz CT molecular complexity index is 1130. The van der Waals surface area contributed by atoms with Gasteiger partial charge in [-0.2, -0.15) is 0 Å². The van der Waals surface area contributed by atoms with E-state index >= 15 is 0 Å². The Balaban J connectivity index is 1.76. The van der Waals surface area contributed by atoms with Crippen LogP contribution in [0.5, 0.6) is 0 Å². The molecule has 7 nitrogen and oxygen atoms in total. The van der Waals surface area contributed by atoms with Crippen LogP contribution in [0.2, 0.25) is 0 Å². The van der Waals surface area contributed by atoms with E-state index in [4.69, 9.17) is 10.3 Å². The predicted molar refractivity (Wildman–Crippen MR) is 93.3 cm³/mol. The lowest BCUT2D eigenvalue weighted by Crippen LogP contribution is -2.27. The maximum Gasteiger partial charge on any atom is 0.320 e. The van der Waals surface area contributed by atoms with Crippen molar-refractivity contribution in [1.29, 1.82) is 0 Å². The molecule has 2 N–H and O–H groups in total. The van der Waals surface area contributed by atoms with Crippen molar-refractivity contribution in [2.45, 2.75) is 0 Å². The number of pyridine rings is 1. The van der Waals surface area contributed by atoms with Crippen LogP contribution < -0.4 is 15.5 Å². The van der Waals surface area contributed by atoms with Gasteiger partial charge in [-0.15, -0.1) is 11.3 Å². The summed E-state index contributed by atoms with van der Waals surface area (Å²) in [5, 5.41) is 16.7. The summed E-state index contributed by atoms with van der Waals surface area (Å²) in [5.74, 6) is -0.745. The number of hydrogen-bond acceptors (Lipinski definition) is 7. The molecule has 0 atom stereocenters. The second-order valence-corrected chi connectivity index (χ2v) is 6.53. The molecule has 0 unspecified atom stereocenters. The Kier molecular flexibility index (Phi) is 3.85. The highest BCUT2D eigenvalue weighted by atomic mass is 32.1. The molecule has 3 heterocycles. The van der Waals surface area contributed by atoms with E-state index < -0.39 is 5.90 Å². The Morgan fingerprint density at radius 3 is 2.73 bits per heavy atom. The molecule has 26 heavy (non-hydrogen) atoms. The van der Waals surface area contributed by atoms with Gasteiger partial charge < -0.3 is 10.8 Å². The van der Waals surface area contributed by atoms with Crippen molar-refractivity contribution >= 4 is 39.0 Å². The number of aliphatic imine (C=N–C) groups is 1. The minimum absolute atomic E-state index is 0.0920. The van der Waals surface area contributed by atoms with E-state index in [9.17, 15) is 9.50 Å². The lowest BCUT2D eigenvalue weighted by Gasteiger charge is -2.06. The first-order chi connectivity index (χ1) is 12.5. The monoisotopic (exact) mass is 369 g/mol. The molecular formula is C17H12FN5O2S. The van der Waals surface area contributed by atoms with E-state index in [0.29, 0.717) is 21.6 Å². The highest BCUT2D eigenvalue weighted by Gasteiger charge is 2.13. The fourth-order valence-electron chi connectivity index (χ4n) is 2.45. The molecule has 4 rings (SSSR count). The minimum Gasteiger partial charge on any atom is -0.857 e. The second kappa shape index (κ2) is 6.19. The summed E-state index contributed by atoms with van der Waals surface area (Å²) in [5.41, 5.74) is 7.85. The zero-order valence-electron chi connectivity index (χ0n) is 13.5. The number of thiophene rings is 1. The molecule has 3 aromatic heterocycles. The number of aromatic nitrogens is 3. The fraction of sp³-hybridized carbons (Fsp3) is 0.0588. The number of nitrogens with two attached hydrogens (primary N) is 1. The van der Waals surface area contributed by atoms with Crippen LogP contribution in [0.3, 0.4) is 0 Å². The van der Waals surface area contributed by atoms with Crippen LogP contribution in [0.15, 0.2) is 52.1 Å². The van der Waals surface area contributed by atoms with Gasteiger partial charge in [0, 0.05) is 16.8 Å². The Labute approximate surface area is 150 Å². The van der Waals surface area contributed by atoms with Crippen LogP contribution >= 0.6 is 11.3 Å². The van der Waals surface area contributed by atoms with Crippen molar-refractivity contribution in [2.75, 3.05) is 5.73 Å². The van der Waals surface area contributed by atoms with Crippen LogP contribution in [0.4, 0.5) is 16.0 Å². The number of fused-ring (bicyclic) bond motifs is 1. The molecule has 0 saturated heterocycles. The number of nitrogens with zero attached hydrogens (tertiary/aromatic N) is 4. The van der Waals surface area contributed by atoms with E-state index in [2.05, 4.69) is 15.2 Å². The van der Waals surface area contributed by atoms with Gasteiger partial charge >= 0.3 is 5.88 Å². The zero-order chi connectivity index (χ0) is 18.3. The SMILES string of the molecule is C[n+]1cc(/N=C(\[O-])c2sc3nc(-c4ccc(F)cc4)ccc3c2N)on1. The fourth-order valence-corrected chi connectivity index (χ4v) is 3.43. The number of benzene rings is 1. The molecule has 0 bridgehead atoms. The van der Waals surface area contributed by atoms with E-state index in [-0.39, 0.29) is 16.6 Å². The van der Waals surface area contributed by atoms with Gasteiger partial charge in [0.05, 0.1) is 16.3 Å². The Morgan fingerprint density at radius 2 is 2.04 bits per heavy atom. The summed E-state index contributed by atoms with van der Waals surface area (Å²) >= 11 is 1.15. The van der Waals surface area contributed by atoms with E-state index in [1.54, 1.807) is 31.3 Å². The van der Waals surface area contributed by atoms with Gasteiger partial charge in [-0.3, -0.25) is 4.52 Å². The zero-order valence-corrected chi connectivity index (χ0v) is 14.3. The molecule has 9 heteroatoms. The Morgan fingerprint density at radius 1 is 1.27 bits per heavy atom. The second-order valence-electron chi connectivity index (χ2n) is 5.53. The molecule has 0 aliphatic heterocycles. The number of anilines is 1. The van der Waals surface area contributed by atoms with E-state index in [1.807, 2.05) is 0 Å². The first-order valence-corrected chi connectivity index (χ1v) is 8.36. The van der Waals surface area contributed by atoms with Crippen LogP contribution in [-0.4, -0.2) is 16.2 Å². The molecular weight excluding hydrogens is 357 g/mol. The van der Waals surface area contributed by atoms with Gasteiger partial charge in [0.2, 0.25) is 0 Å². The van der Waals surface area contributed by atoms with Gasteiger partial charge in [0.25, 0.3) is 6.20 Å². The molecule has 1 aromatic carbocycles. The van der Waals surface area contributed by atoms with Crippen molar-refractivity contribution in [3.8, 4) is 11.3 Å². The molecule has 0 radical (unpaired) electrons. The highest BCUT2D eigenvalue weighted by Crippen LogP contribution is 2.34. The molecule has 0 spiro atoms. The third kappa shape index (κ3) is 2.88. The van der Waals surface area contributed by atoms with Crippen LogP contribution in [0.1, 0.15) is 4.88 Å². The minimum atomic E-state index is -0.523. The van der Waals surface area contributed by atoms with Crippen molar-refractivity contribution in [3.05, 3.63) is 53.3 Å². The standard InChI is InChI=1S/C17H12FN5O2S/c1-23-8-13(25-22-23)21-16(24)15-14(19)11-6-7-12(20-17(11)26-15)9-2-4-10(18)5-3-9/h2-8H,1H3,(H2-,19,21,22,24). The average molecular weight is 369 g/mol. The van der Waals surface area contributed by atoms with Gasteiger partial charge in [0.15, 0.2) is 12.3 Å². The quantitative estimate of drug-likeness (QED) is 0.338. The maximum absolute atomic E-state index is 13.1. The lowest BCUT2D eigenvalue weighted by atomic mass is 10.1. The summed E-state index contributed by atoms with van der Waals surface area (Å²) in [6.45, 7) is 0. The normalized spacial score (nSPS) is 12.0. The van der Waals surface area contributed by atoms with Gasteiger partial charge in [-0.1, -0.05) is 4.68 Å². The first-order valence-electron chi connectivity index (χ1n) is 7.55. The molecule has 0 aliphatic carbocycles. The van der Waals surface area contributed by atoms with Crippen molar-refractivity contribution < 1.29 is 18.7 Å². The van der Waals surface area contributed by atoms with Gasteiger partial charge in [-0.25, -0.2) is 14.4 Å². The molecule has 0 aliphatic rings. The summed E-state index contributed by atoms with van der Waals surface area (Å²) in [4.78, 5) is 9.28. The van der Waals surface area contributed by atoms with Crippen molar-refractivity contribution in [1.82, 2.24) is 10.3 Å². The number of rotatable bonds is 3. The third-order valence-electron chi connectivity index (χ3n) is 3.70. The smallest absolute Gasteiger partial charge is 0.320 e. The first kappa shape index (κ1) is 16.2. The number of aryl methyl sites for hydroxylation is 1. The van der Waals surface area contributed by atoms with Crippen LogP contribution in [0, 0.1) is 5.82 Å². The number of hydrogen-bond donors (Lipinski definition) is 1. The van der Waals surface area contributed by atoms with Crippen molar-refractivity contribution in [3.63, 3.8) is 0 Å². The van der Waals surface area contributed by atoms with E-state index in [0.717, 1.165) is 16.9 Å². The number of halogens is 1. The topological polar surface area (TPSA) is 104 Å². The highest BCUT2D eigenvalue weighted by molar-refractivity contribution is 7.21. The largest absolute Gasteiger partial charge is 0.857 e. The average Bonchev–Trinajstić information content (AvgIpc) is 3.18. The van der Waals surface area contributed by atoms with Crippen LogP contribution in [-0.2, 0) is 7.05 Å². The van der Waals surface area contributed by atoms with Gasteiger partial charge in [-0.05, 0) is 36.4 Å². The van der Waals surface area contributed by atoms with E-state index in [1.165, 1.54) is 23.0 Å². The molecule has 0 fully saturated rings. The molecule has 0 amide bonds. The predicted octanol–water partition coefficient (Wildman–Crippen LogP) is 1.94.